The molecule has 1 heterocycles. The van der Waals surface area contributed by atoms with Crippen molar-refractivity contribution in [3.63, 3.8) is 0 Å². The summed E-state index contributed by atoms with van der Waals surface area (Å²) >= 11 is 3.61. The van der Waals surface area contributed by atoms with E-state index in [4.69, 9.17) is 0 Å². The smallest absolute Gasteiger partial charge is 0.0537 e. The number of aromatic nitrogens is 1. The fourth-order valence-electron chi connectivity index (χ4n) is 4.16. The van der Waals surface area contributed by atoms with Gasteiger partial charge in [0.05, 0.1) is 5.52 Å². The zero-order valence-corrected chi connectivity index (χ0v) is 16.2. The van der Waals surface area contributed by atoms with Gasteiger partial charge in [0.2, 0.25) is 0 Å². The van der Waals surface area contributed by atoms with Crippen LogP contribution in [0.25, 0.3) is 28.2 Å². The minimum atomic E-state index is 1.09. The zero-order chi connectivity index (χ0) is 17.5. The number of rotatable bonds is 2. The molecule has 1 aromatic heterocycles. The first-order valence-corrected chi connectivity index (χ1v) is 10.1. The Morgan fingerprint density at radius 3 is 2.69 bits per heavy atom. The lowest BCUT2D eigenvalue weighted by atomic mass is 9.97. The van der Waals surface area contributed by atoms with Gasteiger partial charge in [-0.15, -0.1) is 0 Å². The molecule has 26 heavy (non-hydrogen) atoms. The van der Waals surface area contributed by atoms with Crippen molar-refractivity contribution < 1.29 is 0 Å². The van der Waals surface area contributed by atoms with Gasteiger partial charge in [-0.05, 0) is 59.5 Å². The van der Waals surface area contributed by atoms with Gasteiger partial charge >= 0.3 is 0 Å². The van der Waals surface area contributed by atoms with Gasteiger partial charge in [-0.25, -0.2) is 0 Å². The second-order valence-electron chi connectivity index (χ2n) is 7.01. The zero-order valence-electron chi connectivity index (χ0n) is 14.6. The van der Waals surface area contributed by atoms with E-state index in [1.54, 1.807) is 0 Å². The first-order valence-electron chi connectivity index (χ1n) is 9.26. The molecule has 0 N–H and O–H groups in total. The van der Waals surface area contributed by atoms with Crippen molar-refractivity contribution in [3.8, 4) is 5.69 Å². The Kier molecular flexibility index (Phi) is 3.94. The van der Waals surface area contributed by atoms with Gasteiger partial charge in [0, 0.05) is 22.3 Å². The predicted molar refractivity (Wildman–Crippen MR) is 115 cm³/mol. The van der Waals surface area contributed by atoms with Crippen molar-refractivity contribution >= 4 is 38.5 Å². The molecule has 5 rings (SSSR count). The Balaban J connectivity index is 1.70. The molecular formula is C24H20BrN. The summed E-state index contributed by atoms with van der Waals surface area (Å²) in [7, 11) is 0. The van der Waals surface area contributed by atoms with Crippen LogP contribution in [-0.4, -0.2) is 4.57 Å². The molecule has 1 nitrogen and oxygen atoms in total. The fraction of sp³-hybridized carbons (Fsp3) is 0.167. The summed E-state index contributed by atoms with van der Waals surface area (Å²) in [6, 6.07) is 17.8. The van der Waals surface area contributed by atoms with E-state index in [9.17, 15) is 0 Å². The molecule has 0 spiro atoms. The Hall–Kier alpha value is -2.32. The van der Waals surface area contributed by atoms with Crippen LogP contribution in [0.1, 0.15) is 36.1 Å². The molecule has 2 aromatic carbocycles. The van der Waals surface area contributed by atoms with Crippen molar-refractivity contribution in [2.75, 3.05) is 0 Å². The Morgan fingerprint density at radius 2 is 1.81 bits per heavy atom. The molecule has 0 bridgehead atoms. The summed E-state index contributed by atoms with van der Waals surface area (Å²) in [5.74, 6) is 0. The molecule has 0 amide bonds. The van der Waals surface area contributed by atoms with Crippen LogP contribution >= 0.6 is 15.9 Å². The summed E-state index contributed by atoms with van der Waals surface area (Å²) in [4.78, 5) is 0. The van der Waals surface area contributed by atoms with Crippen molar-refractivity contribution in [1.82, 2.24) is 4.57 Å². The van der Waals surface area contributed by atoms with Gasteiger partial charge in [0.1, 0.15) is 0 Å². The van der Waals surface area contributed by atoms with Crippen LogP contribution < -0.4 is 0 Å². The monoisotopic (exact) mass is 401 g/mol. The standard InChI is InChI=1S/C24H20BrN/c25-19-14-12-17(13-15-19)18-6-5-7-20(16-18)26-23-10-3-1-8-21(23)22-9-2-4-11-24(22)26/h1-3,5-10,12,14,16H,4,11,13,15H2. The van der Waals surface area contributed by atoms with Crippen LogP contribution in [0.3, 0.4) is 0 Å². The lowest BCUT2D eigenvalue weighted by Gasteiger charge is -2.16. The molecule has 0 atom stereocenters. The lowest BCUT2D eigenvalue weighted by molar-refractivity contribution is 0.888. The van der Waals surface area contributed by atoms with Crippen LogP contribution in [0.2, 0.25) is 0 Å². The summed E-state index contributed by atoms with van der Waals surface area (Å²) in [5, 5.41) is 1.35. The second kappa shape index (κ2) is 6.44. The number of para-hydroxylation sites is 1. The molecule has 0 aliphatic heterocycles. The van der Waals surface area contributed by atoms with E-state index in [2.05, 4.69) is 93.3 Å². The highest BCUT2D eigenvalue weighted by Crippen LogP contribution is 2.35. The van der Waals surface area contributed by atoms with Gasteiger partial charge in [-0.1, -0.05) is 70.6 Å². The molecule has 0 saturated heterocycles. The maximum Gasteiger partial charge on any atom is 0.0537 e. The Labute approximate surface area is 162 Å². The number of benzene rings is 2. The molecular weight excluding hydrogens is 382 g/mol. The minimum Gasteiger partial charge on any atom is -0.313 e. The van der Waals surface area contributed by atoms with Gasteiger partial charge in [0.15, 0.2) is 0 Å². The van der Waals surface area contributed by atoms with E-state index in [1.165, 1.54) is 43.5 Å². The van der Waals surface area contributed by atoms with Crippen LogP contribution in [-0.2, 0) is 6.42 Å². The van der Waals surface area contributed by atoms with Gasteiger partial charge in [-0.2, -0.15) is 0 Å². The van der Waals surface area contributed by atoms with Crippen LogP contribution in [0.5, 0.6) is 0 Å². The average Bonchev–Trinajstić information content (AvgIpc) is 3.03. The van der Waals surface area contributed by atoms with Crippen LogP contribution in [0.4, 0.5) is 0 Å². The SMILES string of the molecule is BrC1=CC=C(c2cccc(-n3c4c(c5ccccc53)C=CCC4)c2)CC1. The maximum absolute atomic E-state index is 3.61. The third-order valence-electron chi connectivity index (χ3n) is 5.42. The molecule has 2 aliphatic carbocycles. The molecule has 0 fully saturated rings. The number of allylic oxidation sites excluding steroid dienone is 5. The third-order valence-corrected chi connectivity index (χ3v) is 6.08. The molecule has 0 radical (unpaired) electrons. The first-order chi connectivity index (χ1) is 12.8. The van der Waals surface area contributed by atoms with Crippen molar-refractivity contribution in [3.05, 3.63) is 88.1 Å². The van der Waals surface area contributed by atoms with Crippen molar-refractivity contribution in [2.24, 2.45) is 0 Å². The second-order valence-corrected chi connectivity index (χ2v) is 8.03. The largest absolute Gasteiger partial charge is 0.313 e. The summed E-state index contributed by atoms with van der Waals surface area (Å²) in [6.45, 7) is 0. The highest BCUT2D eigenvalue weighted by atomic mass is 79.9. The topological polar surface area (TPSA) is 4.93 Å². The van der Waals surface area contributed by atoms with Gasteiger partial charge < -0.3 is 4.57 Å². The number of nitrogens with zero attached hydrogens (tertiary/aromatic N) is 1. The molecule has 2 aliphatic rings. The van der Waals surface area contributed by atoms with E-state index in [0.717, 1.165) is 25.7 Å². The normalized spacial score (nSPS) is 16.3. The number of hydrogen-bond donors (Lipinski definition) is 0. The minimum absolute atomic E-state index is 1.09. The number of halogens is 1. The molecule has 3 aromatic rings. The quantitative estimate of drug-likeness (QED) is 0.433. The van der Waals surface area contributed by atoms with Gasteiger partial charge in [-0.3, -0.25) is 0 Å². The molecule has 2 heteroatoms. The highest BCUT2D eigenvalue weighted by Gasteiger charge is 2.18. The maximum atomic E-state index is 3.61. The third kappa shape index (κ3) is 2.60. The summed E-state index contributed by atoms with van der Waals surface area (Å²) in [5.41, 5.74) is 8.15. The first kappa shape index (κ1) is 15.9. The van der Waals surface area contributed by atoms with Crippen molar-refractivity contribution in [2.45, 2.75) is 25.7 Å². The van der Waals surface area contributed by atoms with E-state index < -0.39 is 0 Å². The molecule has 0 saturated carbocycles. The lowest BCUT2D eigenvalue weighted by Crippen LogP contribution is -2.03. The predicted octanol–water partition coefficient (Wildman–Crippen LogP) is 7.05. The molecule has 0 unspecified atom stereocenters. The fourth-order valence-corrected chi connectivity index (χ4v) is 4.49. The summed E-state index contributed by atoms with van der Waals surface area (Å²) in [6.07, 6.45) is 13.4. The van der Waals surface area contributed by atoms with E-state index in [1.807, 2.05) is 0 Å². The van der Waals surface area contributed by atoms with E-state index in [-0.39, 0.29) is 0 Å². The molecule has 128 valence electrons. The number of hydrogen-bond acceptors (Lipinski definition) is 0. The number of fused-ring (bicyclic) bond motifs is 3. The van der Waals surface area contributed by atoms with Gasteiger partial charge in [0.25, 0.3) is 0 Å². The Morgan fingerprint density at radius 1 is 0.885 bits per heavy atom. The van der Waals surface area contributed by atoms with Crippen LogP contribution in [0, 0.1) is 0 Å². The van der Waals surface area contributed by atoms with E-state index in [0.29, 0.717) is 0 Å². The van der Waals surface area contributed by atoms with Crippen molar-refractivity contribution in [1.29, 1.82) is 0 Å². The van der Waals surface area contributed by atoms with Crippen LogP contribution in [0.15, 0.2) is 71.2 Å². The summed E-state index contributed by atoms with van der Waals surface area (Å²) < 4.78 is 3.75. The highest BCUT2D eigenvalue weighted by molar-refractivity contribution is 9.11. The van der Waals surface area contributed by atoms with E-state index >= 15 is 0 Å². The average molecular weight is 402 g/mol. The Bertz CT molecular complexity index is 1090.